The van der Waals surface area contributed by atoms with Gasteiger partial charge in [-0.15, -0.1) is 11.3 Å². The zero-order chi connectivity index (χ0) is 25.7. The van der Waals surface area contributed by atoms with Crippen LogP contribution in [-0.4, -0.2) is 55.0 Å². The van der Waals surface area contributed by atoms with Crippen LogP contribution in [0.15, 0.2) is 60.0 Å². The standard InChI is InChI=1S/C28H31ClN2O4S/c1-19(2)16-30(28(33)20-4-8-22(34-3)9-5-20)17-27(32)31-14-12-26-24(13-15-36-26)25(31)18-35-23-10-6-21(29)7-11-23/h4-11,13,15,19,25H,12,14,16-18H2,1-3H3. The quantitative estimate of drug-likeness (QED) is 0.358. The van der Waals surface area contributed by atoms with Crippen molar-refractivity contribution in [1.29, 1.82) is 0 Å². The Morgan fingerprint density at radius 2 is 1.78 bits per heavy atom. The number of halogens is 1. The lowest BCUT2D eigenvalue weighted by molar-refractivity contribution is -0.135. The summed E-state index contributed by atoms with van der Waals surface area (Å²) in [5.74, 6) is 1.35. The van der Waals surface area contributed by atoms with E-state index in [1.165, 1.54) is 4.88 Å². The Morgan fingerprint density at radius 3 is 2.44 bits per heavy atom. The van der Waals surface area contributed by atoms with Gasteiger partial charge in [-0.3, -0.25) is 9.59 Å². The lowest BCUT2D eigenvalue weighted by Crippen LogP contribution is -2.48. The molecule has 4 rings (SSSR count). The SMILES string of the molecule is COc1ccc(C(=O)N(CC(=O)N2CCc3sccc3C2COc2ccc(Cl)cc2)CC(C)C)cc1. The van der Waals surface area contributed by atoms with Crippen LogP contribution in [0.3, 0.4) is 0 Å². The fourth-order valence-corrected chi connectivity index (χ4v) is 5.47. The van der Waals surface area contributed by atoms with E-state index in [0.29, 0.717) is 41.8 Å². The molecule has 2 amide bonds. The second-order valence-corrected chi connectivity index (χ2v) is 10.7. The van der Waals surface area contributed by atoms with E-state index in [9.17, 15) is 9.59 Å². The molecule has 1 aromatic heterocycles. The molecule has 1 unspecified atom stereocenters. The molecule has 2 heterocycles. The number of hydrogen-bond acceptors (Lipinski definition) is 5. The summed E-state index contributed by atoms with van der Waals surface area (Å²) in [5.41, 5.74) is 1.65. The zero-order valence-corrected chi connectivity index (χ0v) is 22.3. The van der Waals surface area contributed by atoms with E-state index < -0.39 is 0 Å². The van der Waals surface area contributed by atoms with E-state index in [2.05, 4.69) is 11.4 Å². The number of hydrogen-bond donors (Lipinski definition) is 0. The lowest BCUT2D eigenvalue weighted by atomic mass is 10.00. The van der Waals surface area contributed by atoms with Gasteiger partial charge in [-0.25, -0.2) is 0 Å². The molecule has 3 aromatic rings. The van der Waals surface area contributed by atoms with Crippen LogP contribution in [0, 0.1) is 5.92 Å². The third kappa shape index (κ3) is 6.20. The van der Waals surface area contributed by atoms with Gasteiger partial charge in [0.1, 0.15) is 24.7 Å². The molecule has 0 radical (unpaired) electrons. The number of methoxy groups -OCH3 is 1. The summed E-state index contributed by atoms with van der Waals surface area (Å²) >= 11 is 7.71. The third-order valence-electron chi connectivity index (χ3n) is 6.17. The number of benzene rings is 2. The average Bonchev–Trinajstić information content (AvgIpc) is 3.36. The summed E-state index contributed by atoms with van der Waals surface area (Å²) < 4.78 is 11.3. The van der Waals surface area contributed by atoms with Gasteiger partial charge >= 0.3 is 0 Å². The highest BCUT2D eigenvalue weighted by Crippen LogP contribution is 2.34. The summed E-state index contributed by atoms with van der Waals surface area (Å²) in [7, 11) is 1.59. The molecule has 1 aliphatic rings. The highest BCUT2D eigenvalue weighted by Gasteiger charge is 2.33. The van der Waals surface area contributed by atoms with Gasteiger partial charge in [0.2, 0.25) is 5.91 Å². The average molecular weight is 527 g/mol. The number of nitrogens with zero attached hydrogens (tertiary/aromatic N) is 2. The summed E-state index contributed by atoms with van der Waals surface area (Å²) in [6.45, 7) is 5.50. The van der Waals surface area contributed by atoms with E-state index in [0.717, 1.165) is 12.0 Å². The van der Waals surface area contributed by atoms with Crippen molar-refractivity contribution in [3.63, 3.8) is 0 Å². The molecule has 0 spiro atoms. The van der Waals surface area contributed by atoms with Crippen LogP contribution < -0.4 is 9.47 Å². The molecule has 1 atom stereocenters. The maximum Gasteiger partial charge on any atom is 0.254 e. The van der Waals surface area contributed by atoms with Gasteiger partial charge in [0, 0.05) is 28.6 Å². The molecular formula is C28H31ClN2O4S. The largest absolute Gasteiger partial charge is 0.497 e. The molecule has 0 bridgehead atoms. The first-order valence-corrected chi connectivity index (χ1v) is 13.3. The molecule has 0 N–H and O–H groups in total. The van der Waals surface area contributed by atoms with Gasteiger partial charge in [-0.2, -0.15) is 0 Å². The predicted molar refractivity (Wildman–Crippen MR) is 143 cm³/mol. The summed E-state index contributed by atoms with van der Waals surface area (Å²) in [6.07, 6.45) is 0.798. The smallest absolute Gasteiger partial charge is 0.254 e. The molecule has 1 aliphatic heterocycles. The summed E-state index contributed by atoms with van der Waals surface area (Å²) in [6, 6.07) is 16.1. The van der Waals surface area contributed by atoms with E-state index in [-0.39, 0.29) is 30.3 Å². The van der Waals surface area contributed by atoms with Crippen LogP contribution in [-0.2, 0) is 11.2 Å². The third-order valence-corrected chi connectivity index (χ3v) is 7.42. The van der Waals surface area contributed by atoms with E-state index in [1.54, 1.807) is 59.7 Å². The molecule has 2 aromatic carbocycles. The van der Waals surface area contributed by atoms with Crippen LogP contribution in [0.1, 0.15) is 40.7 Å². The van der Waals surface area contributed by atoms with Gasteiger partial charge < -0.3 is 19.3 Å². The van der Waals surface area contributed by atoms with Gasteiger partial charge in [0.15, 0.2) is 0 Å². The van der Waals surface area contributed by atoms with Gasteiger partial charge in [0.25, 0.3) is 5.91 Å². The zero-order valence-electron chi connectivity index (χ0n) is 20.8. The summed E-state index contributed by atoms with van der Waals surface area (Å²) in [5, 5.41) is 2.70. The van der Waals surface area contributed by atoms with Crippen molar-refractivity contribution < 1.29 is 19.1 Å². The Bertz CT molecular complexity index is 1180. The molecule has 190 valence electrons. The Hall–Kier alpha value is -3.03. The first-order chi connectivity index (χ1) is 17.4. The molecule has 36 heavy (non-hydrogen) atoms. The minimum atomic E-state index is -0.222. The fourth-order valence-electron chi connectivity index (χ4n) is 4.41. The van der Waals surface area contributed by atoms with Crippen LogP contribution in [0.5, 0.6) is 11.5 Å². The minimum Gasteiger partial charge on any atom is -0.497 e. The molecule has 0 saturated carbocycles. The Balaban J connectivity index is 1.52. The van der Waals surface area contributed by atoms with Gasteiger partial charge in [-0.1, -0.05) is 25.4 Å². The van der Waals surface area contributed by atoms with Crippen molar-refractivity contribution in [3.8, 4) is 11.5 Å². The molecule has 0 saturated heterocycles. The maximum atomic E-state index is 13.7. The Kier molecular flexibility index (Phi) is 8.54. The molecule has 6 nitrogen and oxygen atoms in total. The monoisotopic (exact) mass is 526 g/mol. The van der Waals surface area contributed by atoms with Crippen molar-refractivity contribution in [2.45, 2.75) is 26.3 Å². The first-order valence-electron chi connectivity index (χ1n) is 12.0. The highest BCUT2D eigenvalue weighted by atomic mass is 35.5. The molecule has 0 aliphatic carbocycles. The van der Waals surface area contributed by atoms with Crippen LogP contribution in [0.25, 0.3) is 0 Å². The van der Waals surface area contributed by atoms with Crippen molar-refractivity contribution in [3.05, 3.63) is 81.0 Å². The fraction of sp³-hybridized carbons (Fsp3) is 0.357. The number of ether oxygens (including phenoxy) is 2. The van der Waals surface area contributed by atoms with Gasteiger partial charge in [-0.05, 0) is 77.9 Å². The normalized spacial score (nSPS) is 14.9. The van der Waals surface area contributed by atoms with Gasteiger partial charge in [0.05, 0.1) is 13.2 Å². The van der Waals surface area contributed by atoms with Crippen molar-refractivity contribution >= 4 is 34.8 Å². The van der Waals surface area contributed by atoms with Crippen molar-refractivity contribution in [1.82, 2.24) is 9.80 Å². The van der Waals surface area contributed by atoms with E-state index >= 15 is 0 Å². The number of fused-ring (bicyclic) bond motifs is 1. The van der Waals surface area contributed by atoms with Crippen LogP contribution in [0.4, 0.5) is 0 Å². The van der Waals surface area contributed by atoms with Crippen LogP contribution >= 0.6 is 22.9 Å². The maximum absolute atomic E-state index is 13.7. The second kappa shape index (κ2) is 11.8. The number of rotatable bonds is 9. The number of thiophene rings is 1. The number of carbonyl (C=O) groups is 2. The Labute approximate surface area is 221 Å². The lowest BCUT2D eigenvalue weighted by Gasteiger charge is -2.37. The molecule has 0 fully saturated rings. The van der Waals surface area contributed by atoms with E-state index in [1.807, 2.05) is 30.9 Å². The molecule has 8 heteroatoms. The Morgan fingerprint density at radius 1 is 1.08 bits per heavy atom. The topological polar surface area (TPSA) is 59.1 Å². The molecular weight excluding hydrogens is 496 g/mol. The van der Waals surface area contributed by atoms with E-state index in [4.69, 9.17) is 21.1 Å². The van der Waals surface area contributed by atoms with Crippen molar-refractivity contribution in [2.75, 3.05) is 33.4 Å². The number of carbonyl (C=O) groups excluding carboxylic acids is 2. The number of amides is 2. The van der Waals surface area contributed by atoms with Crippen molar-refractivity contribution in [2.24, 2.45) is 5.92 Å². The van der Waals surface area contributed by atoms with Crippen LogP contribution in [0.2, 0.25) is 5.02 Å². The predicted octanol–water partition coefficient (Wildman–Crippen LogP) is 5.71. The summed E-state index contributed by atoms with van der Waals surface area (Å²) in [4.78, 5) is 31.8. The minimum absolute atomic E-state index is 0.0138. The second-order valence-electron chi connectivity index (χ2n) is 9.22. The first kappa shape index (κ1) is 26.0. The highest BCUT2D eigenvalue weighted by molar-refractivity contribution is 7.10.